The Bertz CT molecular complexity index is 410. The fourth-order valence-corrected chi connectivity index (χ4v) is 2.95. The number of rotatable bonds is 6. The number of halogens is 1. The largest absolute Gasteiger partial charge is 0.316 e. The minimum Gasteiger partial charge on any atom is -0.316 e. The Balaban J connectivity index is 1.96. The lowest BCUT2D eigenvalue weighted by atomic mass is 10.00. The van der Waals surface area contributed by atoms with Crippen LogP contribution in [0.2, 0.25) is 0 Å². The molecule has 1 fully saturated rings. The van der Waals surface area contributed by atoms with Crippen molar-refractivity contribution >= 4 is 21.7 Å². The van der Waals surface area contributed by atoms with Crippen LogP contribution in [0.3, 0.4) is 0 Å². The van der Waals surface area contributed by atoms with Crippen LogP contribution in [0.25, 0.3) is 0 Å². The molecule has 0 aliphatic carbocycles. The summed E-state index contributed by atoms with van der Waals surface area (Å²) in [4.78, 5) is 12.3. The van der Waals surface area contributed by atoms with Gasteiger partial charge in [0.1, 0.15) is 5.69 Å². The van der Waals surface area contributed by atoms with E-state index in [9.17, 15) is 4.79 Å². The highest BCUT2D eigenvalue weighted by atomic mass is 79.9. The molecule has 0 radical (unpaired) electrons. The van der Waals surface area contributed by atoms with Crippen LogP contribution in [0, 0.1) is 5.92 Å². The Morgan fingerprint density at radius 2 is 2.50 bits per heavy atom. The number of nitrogens with one attached hydrogen (secondary N) is 1. The molecule has 0 aromatic carbocycles. The van der Waals surface area contributed by atoms with Crippen LogP contribution in [0.15, 0.2) is 10.7 Å². The van der Waals surface area contributed by atoms with E-state index in [-0.39, 0.29) is 5.78 Å². The lowest BCUT2D eigenvalue weighted by Crippen LogP contribution is -2.14. The molecule has 100 valence electrons. The molecule has 1 atom stereocenters. The van der Waals surface area contributed by atoms with Crippen LogP contribution < -0.4 is 5.32 Å². The highest BCUT2D eigenvalue weighted by Gasteiger charge is 2.20. The maximum absolute atomic E-state index is 12.3. The predicted octanol–water partition coefficient (Wildman–Crippen LogP) is 2.63. The first-order valence-electron chi connectivity index (χ1n) is 6.67. The Hall–Kier alpha value is -0.680. The van der Waals surface area contributed by atoms with Crippen LogP contribution in [0.5, 0.6) is 0 Å². The number of hydrogen-bond donors (Lipinski definition) is 1. The van der Waals surface area contributed by atoms with Crippen LogP contribution in [-0.4, -0.2) is 28.7 Å². The van der Waals surface area contributed by atoms with Crippen molar-refractivity contribution in [3.05, 3.63) is 16.4 Å². The topological polar surface area (TPSA) is 46.9 Å². The van der Waals surface area contributed by atoms with E-state index in [0.29, 0.717) is 12.3 Å². The van der Waals surface area contributed by atoms with Gasteiger partial charge in [-0.1, -0.05) is 6.92 Å². The third kappa shape index (κ3) is 3.20. The fraction of sp³-hybridized carbons (Fsp3) is 0.692. The summed E-state index contributed by atoms with van der Waals surface area (Å²) in [7, 11) is 0. The van der Waals surface area contributed by atoms with Gasteiger partial charge in [0, 0.05) is 13.0 Å². The molecule has 1 unspecified atom stereocenters. The maximum atomic E-state index is 12.3. The molecule has 1 aromatic rings. The monoisotopic (exact) mass is 313 g/mol. The second-order valence-corrected chi connectivity index (χ2v) is 5.74. The van der Waals surface area contributed by atoms with E-state index in [4.69, 9.17) is 0 Å². The van der Waals surface area contributed by atoms with Crippen molar-refractivity contribution in [2.24, 2.45) is 5.92 Å². The van der Waals surface area contributed by atoms with Gasteiger partial charge in [-0.25, -0.2) is 0 Å². The summed E-state index contributed by atoms with van der Waals surface area (Å²) < 4.78 is 2.64. The molecule has 1 saturated heterocycles. The van der Waals surface area contributed by atoms with E-state index in [1.807, 2.05) is 4.68 Å². The van der Waals surface area contributed by atoms with Crippen molar-refractivity contribution in [2.75, 3.05) is 13.1 Å². The van der Waals surface area contributed by atoms with Gasteiger partial charge < -0.3 is 5.32 Å². The molecule has 2 rings (SSSR count). The van der Waals surface area contributed by atoms with Crippen molar-refractivity contribution in [3.63, 3.8) is 0 Å². The summed E-state index contributed by atoms with van der Waals surface area (Å²) >= 11 is 3.42. The zero-order chi connectivity index (χ0) is 13.0. The zero-order valence-corrected chi connectivity index (χ0v) is 12.4. The SMILES string of the molecule is CCCn1ncc(Br)c1C(=O)CCC1CCNC1. The highest BCUT2D eigenvalue weighted by Crippen LogP contribution is 2.21. The van der Waals surface area contributed by atoms with E-state index in [1.165, 1.54) is 6.42 Å². The van der Waals surface area contributed by atoms with Crippen molar-refractivity contribution in [1.82, 2.24) is 15.1 Å². The predicted molar refractivity (Wildman–Crippen MR) is 74.8 cm³/mol. The molecule has 0 spiro atoms. The molecular formula is C13H20BrN3O. The normalized spacial score (nSPS) is 19.3. The Kier molecular flexibility index (Phi) is 4.95. The molecule has 5 heteroatoms. The fourth-order valence-electron chi connectivity index (χ4n) is 2.44. The van der Waals surface area contributed by atoms with Gasteiger partial charge in [0.25, 0.3) is 0 Å². The molecule has 0 saturated carbocycles. The number of hydrogen-bond acceptors (Lipinski definition) is 3. The summed E-state index contributed by atoms with van der Waals surface area (Å²) in [6.45, 7) is 5.05. The maximum Gasteiger partial charge on any atom is 0.182 e. The van der Waals surface area contributed by atoms with Gasteiger partial charge in [-0.15, -0.1) is 0 Å². The van der Waals surface area contributed by atoms with Gasteiger partial charge in [0.15, 0.2) is 5.78 Å². The average Bonchev–Trinajstić information content (AvgIpc) is 2.97. The van der Waals surface area contributed by atoms with Crippen LogP contribution >= 0.6 is 15.9 Å². The molecule has 1 aliphatic rings. The smallest absolute Gasteiger partial charge is 0.182 e. The minimum atomic E-state index is 0.208. The Morgan fingerprint density at radius 3 is 3.17 bits per heavy atom. The molecule has 0 bridgehead atoms. The number of carbonyl (C=O) groups excluding carboxylic acids is 1. The first-order chi connectivity index (χ1) is 8.72. The van der Waals surface area contributed by atoms with Crippen LogP contribution in [0.1, 0.15) is 43.1 Å². The van der Waals surface area contributed by atoms with E-state index in [0.717, 1.165) is 42.6 Å². The van der Waals surface area contributed by atoms with E-state index >= 15 is 0 Å². The van der Waals surface area contributed by atoms with Crippen molar-refractivity contribution in [2.45, 2.75) is 39.2 Å². The molecule has 1 aromatic heterocycles. The van der Waals surface area contributed by atoms with Crippen molar-refractivity contribution < 1.29 is 4.79 Å². The standard InChI is InChI=1S/C13H20BrN3O/c1-2-7-17-13(11(14)9-16-17)12(18)4-3-10-5-6-15-8-10/h9-10,15H,2-8H2,1H3. The van der Waals surface area contributed by atoms with Crippen molar-refractivity contribution in [3.8, 4) is 0 Å². The summed E-state index contributed by atoms with van der Waals surface area (Å²) in [6.07, 6.45) is 5.51. The highest BCUT2D eigenvalue weighted by molar-refractivity contribution is 9.10. The molecule has 4 nitrogen and oxygen atoms in total. The summed E-state index contributed by atoms with van der Waals surface area (Å²) in [6, 6.07) is 0. The minimum absolute atomic E-state index is 0.208. The second kappa shape index (κ2) is 6.48. The average molecular weight is 314 g/mol. The molecular weight excluding hydrogens is 294 g/mol. The first-order valence-corrected chi connectivity index (χ1v) is 7.47. The number of nitrogens with zero attached hydrogens (tertiary/aromatic N) is 2. The Morgan fingerprint density at radius 1 is 1.67 bits per heavy atom. The van der Waals surface area contributed by atoms with Gasteiger partial charge in [-0.2, -0.15) is 5.10 Å². The molecule has 18 heavy (non-hydrogen) atoms. The zero-order valence-electron chi connectivity index (χ0n) is 10.8. The Labute approximate surface area is 116 Å². The van der Waals surface area contributed by atoms with Gasteiger partial charge >= 0.3 is 0 Å². The molecule has 1 N–H and O–H groups in total. The van der Waals surface area contributed by atoms with Gasteiger partial charge in [0.05, 0.1) is 10.7 Å². The van der Waals surface area contributed by atoms with E-state index in [2.05, 4.69) is 33.3 Å². The number of carbonyl (C=O) groups is 1. The third-order valence-corrected chi connectivity index (χ3v) is 4.02. The third-order valence-electron chi connectivity index (χ3n) is 3.44. The number of aromatic nitrogens is 2. The molecule has 2 heterocycles. The second-order valence-electron chi connectivity index (χ2n) is 4.88. The molecule has 1 aliphatic heterocycles. The molecule has 0 amide bonds. The quantitative estimate of drug-likeness (QED) is 0.821. The summed E-state index contributed by atoms with van der Waals surface area (Å²) in [5, 5.41) is 7.58. The van der Waals surface area contributed by atoms with Crippen LogP contribution in [0.4, 0.5) is 0 Å². The summed E-state index contributed by atoms with van der Waals surface area (Å²) in [5.41, 5.74) is 0.739. The summed E-state index contributed by atoms with van der Waals surface area (Å²) in [5.74, 6) is 0.870. The van der Waals surface area contributed by atoms with Gasteiger partial charge in [-0.05, 0) is 54.2 Å². The first kappa shape index (κ1) is 13.7. The number of aryl methyl sites for hydroxylation is 1. The number of Topliss-reactive ketones (excluding diaryl/α,β-unsaturated/α-hetero) is 1. The van der Waals surface area contributed by atoms with Gasteiger partial charge in [-0.3, -0.25) is 9.48 Å². The van der Waals surface area contributed by atoms with E-state index in [1.54, 1.807) is 6.20 Å². The lowest BCUT2D eigenvalue weighted by Gasteiger charge is -2.09. The van der Waals surface area contributed by atoms with Crippen LogP contribution in [-0.2, 0) is 6.54 Å². The van der Waals surface area contributed by atoms with E-state index < -0.39 is 0 Å². The van der Waals surface area contributed by atoms with Crippen molar-refractivity contribution in [1.29, 1.82) is 0 Å². The number of ketones is 1. The lowest BCUT2D eigenvalue weighted by molar-refractivity contribution is 0.0963. The van der Waals surface area contributed by atoms with Gasteiger partial charge in [0.2, 0.25) is 0 Å².